The van der Waals surface area contributed by atoms with Gasteiger partial charge in [0.05, 0.1) is 17.5 Å². The van der Waals surface area contributed by atoms with Crippen LogP contribution < -0.4 is 5.32 Å². The molecule has 4 heteroatoms. The molecular weight excluding hydrogens is 222 g/mol. The lowest BCUT2D eigenvalue weighted by Crippen LogP contribution is -2.36. The van der Waals surface area contributed by atoms with E-state index in [1.807, 2.05) is 19.9 Å². The maximum atomic E-state index is 11.8. The van der Waals surface area contributed by atoms with Gasteiger partial charge in [-0.3, -0.25) is 4.79 Å². The summed E-state index contributed by atoms with van der Waals surface area (Å²) in [5.74, 6) is -0.0753. The molecule has 0 unspecified atom stereocenters. The van der Waals surface area contributed by atoms with E-state index in [0.29, 0.717) is 0 Å². The van der Waals surface area contributed by atoms with E-state index in [9.17, 15) is 4.79 Å². The summed E-state index contributed by atoms with van der Waals surface area (Å²) in [4.78, 5) is 13.8. The number of nitrogens with one attached hydrogen (secondary N) is 1. The zero-order chi connectivity index (χ0) is 12.1. The summed E-state index contributed by atoms with van der Waals surface area (Å²) in [6.45, 7) is 6.05. The van der Waals surface area contributed by atoms with E-state index in [2.05, 4.69) is 12.2 Å². The molecule has 16 heavy (non-hydrogen) atoms. The Kier molecular flexibility index (Phi) is 4.96. The maximum Gasteiger partial charge on any atom is 0.261 e. The Morgan fingerprint density at radius 3 is 2.69 bits per heavy atom. The van der Waals surface area contributed by atoms with Gasteiger partial charge in [0.1, 0.15) is 0 Å². The lowest BCUT2D eigenvalue weighted by atomic mass is 10.2. The summed E-state index contributed by atoms with van der Waals surface area (Å²) >= 11 is 1.54. The number of amides is 1. The quantitative estimate of drug-likeness (QED) is 0.829. The number of aliphatic hydroxyl groups excluding tert-OH is 1. The SMILES string of the molecule is CCc1sc(C(=O)N[C@H](CC)CO)cc1C. The average Bonchev–Trinajstić information content (AvgIpc) is 2.67. The number of aliphatic hydroxyl groups is 1. The van der Waals surface area contributed by atoms with Crippen LogP contribution in [0.1, 0.15) is 40.4 Å². The van der Waals surface area contributed by atoms with Gasteiger partial charge in [-0.25, -0.2) is 0 Å². The van der Waals surface area contributed by atoms with Gasteiger partial charge in [-0.1, -0.05) is 13.8 Å². The highest BCUT2D eigenvalue weighted by molar-refractivity contribution is 7.14. The fraction of sp³-hybridized carbons (Fsp3) is 0.583. The monoisotopic (exact) mass is 241 g/mol. The number of aryl methyl sites for hydroxylation is 2. The van der Waals surface area contributed by atoms with Crippen LogP contribution in [0.4, 0.5) is 0 Å². The van der Waals surface area contributed by atoms with E-state index >= 15 is 0 Å². The highest BCUT2D eigenvalue weighted by Crippen LogP contribution is 2.22. The third-order valence-corrected chi connectivity index (χ3v) is 3.99. The molecule has 0 radical (unpaired) electrons. The van der Waals surface area contributed by atoms with Gasteiger partial charge in [0.25, 0.3) is 5.91 Å². The number of hydrogen-bond donors (Lipinski definition) is 2. The summed E-state index contributed by atoms with van der Waals surface area (Å²) in [5, 5.41) is 11.8. The van der Waals surface area contributed by atoms with Crippen LogP contribution in [0.3, 0.4) is 0 Å². The molecule has 0 fully saturated rings. The van der Waals surface area contributed by atoms with Crippen LogP contribution in [0.2, 0.25) is 0 Å². The molecule has 0 saturated heterocycles. The average molecular weight is 241 g/mol. The first kappa shape index (κ1) is 13.2. The fourth-order valence-electron chi connectivity index (χ4n) is 1.52. The van der Waals surface area contributed by atoms with E-state index in [-0.39, 0.29) is 18.6 Å². The van der Waals surface area contributed by atoms with Crippen molar-refractivity contribution in [3.8, 4) is 0 Å². The molecule has 3 nitrogen and oxygen atoms in total. The van der Waals surface area contributed by atoms with Gasteiger partial charge in [-0.05, 0) is 31.4 Å². The molecule has 0 saturated carbocycles. The molecular formula is C12H19NO2S. The number of hydrogen-bond acceptors (Lipinski definition) is 3. The first-order chi connectivity index (χ1) is 7.62. The lowest BCUT2D eigenvalue weighted by molar-refractivity contribution is 0.0919. The van der Waals surface area contributed by atoms with Gasteiger partial charge in [0.2, 0.25) is 0 Å². The van der Waals surface area contributed by atoms with Gasteiger partial charge >= 0.3 is 0 Å². The number of carbonyl (C=O) groups is 1. The van der Waals surface area contributed by atoms with Crippen LogP contribution in [0.5, 0.6) is 0 Å². The molecule has 0 bridgehead atoms. The van der Waals surface area contributed by atoms with Gasteiger partial charge < -0.3 is 10.4 Å². The number of carbonyl (C=O) groups excluding carboxylic acids is 1. The molecule has 1 atom stereocenters. The third kappa shape index (κ3) is 3.06. The van der Waals surface area contributed by atoms with Crippen molar-refractivity contribution >= 4 is 17.2 Å². The minimum atomic E-state index is -0.139. The van der Waals surface area contributed by atoms with E-state index in [4.69, 9.17) is 5.11 Å². The van der Waals surface area contributed by atoms with Crippen LogP contribution in [0, 0.1) is 6.92 Å². The summed E-state index contributed by atoms with van der Waals surface area (Å²) in [6, 6.07) is 1.78. The topological polar surface area (TPSA) is 49.3 Å². The van der Waals surface area contributed by atoms with Crippen molar-refractivity contribution in [2.24, 2.45) is 0 Å². The van der Waals surface area contributed by atoms with E-state index in [1.165, 1.54) is 21.8 Å². The summed E-state index contributed by atoms with van der Waals surface area (Å²) in [7, 11) is 0. The van der Waals surface area contributed by atoms with Gasteiger partial charge in [-0.2, -0.15) is 0 Å². The fourth-order valence-corrected chi connectivity index (χ4v) is 2.53. The Morgan fingerprint density at radius 1 is 1.56 bits per heavy atom. The van der Waals surface area contributed by atoms with Crippen molar-refractivity contribution in [1.82, 2.24) is 5.32 Å². The van der Waals surface area contributed by atoms with Crippen LogP contribution >= 0.6 is 11.3 Å². The molecule has 1 aromatic heterocycles. The second kappa shape index (κ2) is 6.01. The third-order valence-electron chi connectivity index (χ3n) is 2.61. The first-order valence-electron chi connectivity index (χ1n) is 5.63. The van der Waals surface area contributed by atoms with Gasteiger partial charge in [-0.15, -0.1) is 11.3 Å². The van der Waals surface area contributed by atoms with Crippen LogP contribution in [0.15, 0.2) is 6.07 Å². The molecule has 0 aliphatic carbocycles. The maximum absolute atomic E-state index is 11.8. The molecule has 90 valence electrons. The lowest BCUT2D eigenvalue weighted by Gasteiger charge is -2.12. The Morgan fingerprint density at radius 2 is 2.25 bits per heavy atom. The molecule has 1 aromatic rings. The highest BCUT2D eigenvalue weighted by Gasteiger charge is 2.14. The molecule has 0 aliphatic rings. The van der Waals surface area contributed by atoms with E-state index < -0.39 is 0 Å². The number of rotatable bonds is 5. The van der Waals surface area contributed by atoms with E-state index in [0.717, 1.165) is 17.7 Å². The smallest absolute Gasteiger partial charge is 0.261 e. The number of thiophene rings is 1. The standard InChI is InChI=1S/C12H19NO2S/c1-4-9(7-14)13-12(15)11-6-8(3)10(5-2)16-11/h6,9,14H,4-5,7H2,1-3H3,(H,13,15)/t9-/m1/s1. The molecule has 1 amide bonds. The van der Waals surface area contributed by atoms with Crippen molar-refractivity contribution in [3.05, 3.63) is 21.4 Å². The highest BCUT2D eigenvalue weighted by atomic mass is 32.1. The first-order valence-corrected chi connectivity index (χ1v) is 6.45. The Labute approximate surface area is 100 Å². The Bertz CT molecular complexity index is 356. The minimum absolute atomic E-state index is 0.00671. The molecule has 1 rings (SSSR count). The van der Waals surface area contributed by atoms with Gasteiger partial charge in [0, 0.05) is 4.88 Å². The largest absolute Gasteiger partial charge is 0.394 e. The van der Waals surface area contributed by atoms with Crippen LogP contribution in [-0.4, -0.2) is 23.7 Å². The predicted octanol–water partition coefficient (Wildman–Crippen LogP) is 2.12. The zero-order valence-electron chi connectivity index (χ0n) is 10.0. The summed E-state index contributed by atoms with van der Waals surface area (Å²) in [6.07, 6.45) is 1.70. The van der Waals surface area contributed by atoms with Crippen LogP contribution in [-0.2, 0) is 6.42 Å². The zero-order valence-corrected chi connectivity index (χ0v) is 10.9. The van der Waals surface area contributed by atoms with Crippen molar-refractivity contribution in [1.29, 1.82) is 0 Å². The summed E-state index contributed by atoms with van der Waals surface area (Å²) < 4.78 is 0. The normalized spacial score (nSPS) is 12.5. The second-order valence-electron chi connectivity index (χ2n) is 3.83. The molecule has 0 aromatic carbocycles. The second-order valence-corrected chi connectivity index (χ2v) is 4.97. The predicted molar refractivity (Wildman–Crippen MR) is 67.1 cm³/mol. The van der Waals surface area contributed by atoms with Gasteiger partial charge in [0.15, 0.2) is 0 Å². The van der Waals surface area contributed by atoms with Crippen LogP contribution in [0.25, 0.3) is 0 Å². The van der Waals surface area contributed by atoms with Crippen molar-refractivity contribution in [3.63, 3.8) is 0 Å². The minimum Gasteiger partial charge on any atom is -0.394 e. The molecule has 0 spiro atoms. The van der Waals surface area contributed by atoms with Crippen molar-refractivity contribution in [2.45, 2.75) is 39.7 Å². The van der Waals surface area contributed by atoms with Crippen molar-refractivity contribution in [2.75, 3.05) is 6.61 Å². The molecule has 1 heterocycles. The Hall–Kier alpha value is -0.870. The molecule has 0 aliphatic heterocycles. The van der Waals surface area contributed by atoms with Crippen molar-refractivity contribution < 1.29 is 9.90 Å². The summed E-state index contributed by atoms with van der Waals surface area (Å²) in [5.41, 5.74) is 1.18. The molecule has 2 N–H and O–H groups in total. The Balaban J connectivity index is 2.72. The van der Waals surface area contributed by atoms with E-state index in [1.54, 1.807) is 0 Å².